The molecule has 47 heavy (non-hydrogen) atoms. The van der Waals surface area contributed by atoms with Gasteiger partial charge in [0.1, 0.15) is 5.82 Å². The molecule has 0 fully saturated rings. The minimum absolute atomic E-state index is 0.0722. The number of hydrogen-bond acceptors (Lipinski definition) is 2. The van der Waals surface area contributed by atoms with E-state index in [2.05, 4.69) is 144 Å². The Morgan fingerprint density at radius 2 is 0.936 bits per heavy atom. The van der Waals surface area contributed by atoms with Crippen LogP contribution in [0.3, 0.4) is 0 Å². The topological polar surface area (TPSA) is 6.48 Å². The average molecular weight is 605 g/mol. The fraction of sp³-hybridized carbons (Fsp3) is 0.0233. The zero-order valence-corrected chi connectivity index (χ0v) is 25.9. The predicted octanol–water partition coefficient (Wildman–Crippen LogP) is 9.55. The lowest BCUT2D eigenvalue weighted by molar-refractivity contribution is 0.628. The molecule has 2 heterocycles. The van der Waals surface area contributed by atoms with Crippen LogP contribution in [0.25, 0.3) is 22.3 Å². The van der Waals surface area contributed by atoms with Gasteiger partial charge in [-0.05, 0) is 94.1 Å². The highest BCUT2D eigenvalue weighted by atomic mass is 19.1. The molecule has 0 unspecified atom stereocenters. The van der Waals surface area contributed by atoms with Gasteiger partial charge in [-0.15, -0.1) is 0 Å². The zero-order chi connectivity index (χ0) is 31.5. The van der Waals surface area contributed by atoms with Crippen LogP contribution in [0.2, 0.25) is 0 Å². The monoisotopic (exact) mass is 604 g/mol. The van der Waals surface area contributed by atoms with Gasteiger partial charge < -0.3 is 9.80 Å². The quantitative estimate of drug-likeness (QED) is 0.185. The standard InChI is InChI=1S/C43H30BFN2/c1-29-16-23-36(24-17-29)47-39-15-9-8-14-37(39)44-38-26-33(32-20-18-31(19-21-32)30-10-4-2-5-11-30)22-25-40(38)46(35-12-6-3-7-13-35)41-27-34(45)28-42(47)43(41)44/h2-28H,1H3. The maximum Gasteiger partial charge on any atom is 0.252 e. The number of hydrogen-bond donors (Lipinski definition) is 0. The summed E-state index contributed by atoms with van der Waals surface area (Å²) in [5.74, 6) is -0.256. The van der Waals surface area contributed by atoms with Crippen molar-refractivity contribution in [1.29, 1.82) is 0 Å². The number of aryl methyl sites for hydroxylation is 1. The van der Waals surface area contributed by atoms with E-state index in [0.717, 1.165) is 50.7 Å². The fourth-order valence-electron chi connectivity index (χ4n) is 7.41. The molecule has 0 radical (unpaired) electrons. The van der Waals surface area contributed by atoms with Crippen LogP contribution in [0.4, 0.5) is 38.5 Å². The van der Waals surface area contributed by atoms with Gasteiger partial charge >= 0.3 is 0 Å². The molecule has 2 nitrogen and oxygen atoms in total. The molecule has 0 aromatic heterocycles. The van der Waals surface area contributed by atoms with Gasteiger partial charge in [0, 0.05) is 34.1 Å². The number of para-hydroxylation sites is 2. The normalized spacial score (nSPS) is 12.8. The van der Waals surface area contributed by atoms with Gasteiger partial charge in [0.15, 0.2) is 0 Å². The van der Waals surface area contributed by atoms with Gasteiger partial charge in [0.2, 0.25) is 0 Å². The number of benzene rings is 7. The van der Waals surface area contributed by atoms with Crippen LogP contribution < -0.4 is 26.2 Å². The third kappa shape index (κ3) is 4.48. The van der Waals surface area contributed by atoms with E-state index in [1.807, 2.05) is 24.3 Å². The maximum atomic E-state index is 15.9. The summed E-state index contributed by atoms with van der Waals surface area (Å²) < 4.78 is 15.9. The highest BCUT2D eigenvalue weighted by molar-refractivity contribution is 7.00. The van der Waals surface area contributed by atoms with Gasteiger partial charge in [-0.25, -0.2) is 4.39 Å². The van der Waals surface area contributed by atoms with Gasteiger partial charge in [-0.1, -0.05) is 121 Å². The summed E-state index contributed by atoms with van der Waals surface area (Å²) in [5.41, 5.74) is 15.3. The number of nitrogens with zero attached hydrogens (tertiary/aromatic N) is 2. The molecule has 2 aliphatic rings. The summed E-state index contributed by atoms with van der Waals surface area (Å²) in [6.45, 7) is 2.02. The molecule has 0 saturated heterocycles. The Hall–Kier alpha value is -5.87. The molecule has 4 heteroatoms. The van der Waals surface area contributed by atoms with Gasteiger partial charge in [0.25, 0.3) is 6.71 Å². The summed E-state index contributed by atoms with van der Waals surface area (Å²) >= 11 is 0. The van der Waals surface area contributed by atoms with Crippen molar-refractivity contribution in [3.63, 3.8) is 0 Å². The zero-order valence-electron chi connectivity index (χ0n) is 25.9. The van der Waals surface area contributed by atoms with Crippen molar-refractivity contribution in [3.8, 4) is 22.3 Å². The molecule has 2 aliphatic heterocycles. The molecular weight excluding hydrogens is 574 g/mol. The van der Waals surface area contributed by atoms with Crippen molar-refractivity contribution >= 4 is 57.2 Å². The van der Waals surface area contributed by atoms with E-state index >= 15 is 4.39 Å². The number of rotatable bonds is 4. The molecule has 7 aromatic rings. The first-order chi connectivity index (χ1) is 23.1. The summed E-state index contributed by atoms with van der Waals surface area (Å²) in [6, 6.07) is 56.9. The van der Waals surface area contributed by atoms with Crippen LogP contribution >= 0.6 is 0 Å². The molecular formula is C43H30BFN2. The largest absolute Gasteiger partial charge is 0.311 e. The van der Waals surface area contributed by atoms with Crippen molar-refractivity contribution in [2.24, 2.45) is 0 Å². The Kier molecular flexibility index (Phi) is 6.36. The van der Waals surface area contributed by atoms with Crippen molar-refractivity contribution < 1.29 is 4.39 Å². The summed E-state index contributed by atoms with van der Waals surface area (Å²) in [7, 11) is 0. The van der Waals surface area contributed by atoms with Crippen molar-refractivity contribution in [2.45, 2.75) is 6.92 Å². The molecule has 0 bridgehead atoms. The Morgan fingerprint density at radius 1 is 0.426 bits per heavy atom. The van der Waals surface area contributed by atoms with Gasteiger partial charge in [-0.3, -0.25) is 0 Å². The van der Waals surface area contributed by atoms with E-state index in [0.29, 0.717) is 0 Å². The fourth-order valence-corrected chi connectivity index (χ4v) is 7.41. The Morgan fingerprint density at radius 3 is 1.62 bits per heavy atom. The lowest BCUT2D eigenvalue weighted by Gasteiger charge is -2.44. The Labute approximate surface area is 275 Å². The van der Waals surface area contributed by atoms with Crippen LogP contribution in [-0.2, 0) is 0 Å². The predicted molar refractivity (Wildman–Crippen MR) is 196 cm³/mol. The Bertz CT molecular complexity index is 2270. The molecule has 0 spiro atoms. The number of halogens is 1. The smallest absolute Gasteiger partial charge is 0.252 e. The summed E-state index contributed by atoms with van der Waals surface area (Å²) in [4.78, 5) is 4.46. The number of fused-ring (bicyclic) bond motifs is 4. The van der Waals surface area contributed by atoms with E-state index in [4.69, 9.17) is 0 Å². The first kappa shape index (κ1) is 27.4. The highest BCUT2D eigenvalue weighted by Crippen LogP contribution is 2.44. The van der Waals surface area contributed by atoms with Crippen molar-refractivity contribution in [3.05, 3.63) is 175 Å². The maximum absolute atomic E-state index is 15.9. The first-order valence-electron chi connectivity index (χ1n) is 16.1. The summed E-state index contributed by atoms with van der Waals surface area (Å²) in [5, 5.41) is 0. The number of anilines is 6. The van der Waals surface area contributed by atoms with Gasteiger partial charge in [0.05, 0.1) is 0 Å². The lowest BCUT2D eigenvalue weighted by Crippen LogP contribution is -2.61. The Balaban J connectivity index is 1.28. The molecule has 222 valence electrons. The molecule has 0 saturated carbocycles. The van der Waals surface area contributed by atoms with E-state index in [1.165, 1.54) is 27.6 Å². The molecule has 0 N–H and O–H groups in total. The minimum Gasteiger partial charge on any atom is -0.311 e. The highest BCUT2D eigenvalue weighted by Gasteiger charge is 2.43. The average Bonchev–Trinajstić information content (AvgIpc) is 3.12. The van der Waals surface area contributed by atoms with Crippen molar-refractivity contribution in [1.82, 2.24) is 0 Å². The van der Waals surface area contributed by atoms with Crippen LogP contribution in [0, 0.1) is 12.7 Å². The molecule has 0 aliphatic carbocycles. The molecule has 9 rings (SSSR count). The van der Waals surface area contributed by atoms with Crippen LogP contribution in [-0.4, -0.2) is 6.71 Å². The first-order valence-corrected chi connectivity index (χ1v) is 16.1. The van der Waals surface area contributed by atoms with Crippen molar-refractivity contribution in [2.75, 3.05) is 9.80 Å². The van der Waals surface area contributed by atoms with Crippen LogP contribution in [0.5, 0.6) is 0 Å². The van der Waals surface area contributed by atoms with Crippen LogP contribution in [0.1, 0.15) is 5.56 Å². The third-order valence-electron chi connectivity index (χ3n) is 9.57. The van der Waals surface area contributed by atoms with Crippen LogP contribution in [0.15, 0.2) is 164 Å². The second-order valence-electron chi connectivity index (χ2n) is 12.4. The van der Waals surface area contributed by atoms with E-state index in [-0.39, 0.29) is 12.5 Å². The lowest BCUT2D eigenvalue weighted by atomic mass is 9.33. The third-order valence-corrected chi connectivity index (χ3v) is 9.57. The molecule has 0 atom stereocenters. The second-order valence-corrected chi connectivity index (χ2v) is 12.4. The van der Waals surface area contributed by atoms with E-state index < -0.39 is 0 Å². The van der Waals surface area contributed by atoms with Gasteiger partial charge in [-0.2, -0.15) is 0 Å². The molecule has 0 amide bonds. The minimum atomic E-state index is -0.256. The SMILES string of the molecule is Cc1ccc(N2c3ccccc3B3c4cc(-c5ccc(-c6ccccc6)cc5)ccc4N(c4ccccc4)c4cc(F)cc2c43)cc1. The van der Waals surface area contributed by atoms with E-state index in [1.54, 1.807) is 12.1 Å². The van der Waals surface area contributed by atoms with E-state index in [9.17, 15) is 0 Å². The second kappa shape index (κ2) is 10.9. The molecule has 7 aromatic carbocycles. The summed E-state index contributed by atoms with van der Waals surface area (Å²) in [6.07, 6.45) is 0.